The van der Waals surface area contributed by atoms with Gasteiger partial charge in [-0.05, 0) is 12.2 Å². The van der Waals surface area contributed by atoms with E-state index in [0.717, 1.165) is 0 Å². The molecule has 2 aliphatic rings. The molecule has 13 heavy (non-hydrogen) atoms. The van der Waals surface area contributed by atoms with Crippen LogP contribution in [0, 0.1) is 0 Å². The van der Waals surface area contributed by atoms with Gasteiger partial charge in [0.05, 0.1) is 24.1 Å². The maximum Gasteiger partial charge on any atom is 0.292 e. The summed E-state index contributed by atoms with van der Waals surface area (Å²) >= 11 is 0. The topological polar surface area (TPSA) is 75.6 Å². The molecule has 5 nitrogen and oxygen atoms in total. The van der Waals surface area contributed by atoms with Gasteiger partial charge in [-0.2, -0.15) is 8.42 Å². The van der Waals surface area contributed by atoms with Gasteiger partial charge in [-0.1, -0.05) is 0 Å². The number of hydrogen-bond acceptors (Lipinski definition) is 4. The second-order valence-electron chi connectivity index (χ2n) is 2.94. The Balaban J connectivity index is 2.31. The highest BCUT2D eigenvalue weighted by molar-refractivity contribution is 7.89. The lowest BCUT2D eigenvalue weighted by atomic mass is 10.2. The summed E-state index contributed by atoms with van der Waals surface area (Å²) in [5.41, 5.74) is 0. The molecule has 0 amide bonds. The van der Waals surface area contributed by atoms with Gasteiger partial charge in [0.2, 0.25) is 0 Å². The summed E-state index contributed by atoms with van der Waals surface area (Å²) in [6.45, 7) is 0. The molecule has 0 fully saturated rings. The lowest BCUT2D eigenvalue weighted by Gasteiger charge is -2.08. The van der Waals surface area contributed by atoms with E-state index in [1.807, 2.05) is 0 Å². The van der Waals surface area contributed by atoms with Crippen LogP contribution in [0.5, 0.6) is 0 Å². The Morgan fingerprint density at radius 1 is 1.46 bits per heavy atom. The van der Waals surface area contributed by atoms with Crippen molar-refractivity contribution in [2.75, 3.05) is 7.11 Å². The van der Waals surface area contributed by atoms with Crippen LogP contribution in [0.1, 0.15) is 0 Å². The molecule has 0 aromatic carbocycles. The summed E-state index contributed by atoms with van der Waals surface area (Å²) in [6, 6.07) is -0.651. The molecule has 0 aliphatic carbocycles. The SMILES string of the molecule is COC1=CC2NC1C=C2S(=O)(=O)O. The average molecular weight is 203 g/mol. The van der Waals surface area contributed by atoms with Gasteiger partial charge in [0.25, 0.3) is 10.1 Å². The Hall–Kier alpha value is -0.850. The van der Waals surface area contributed by atoms with Crippen molar-refractivity contribution in [2.24, 2.45) is 0 Å². The standard InChI is InChI=1S/C7H9NO4S/c1-12-6-2-5-7(13(9,10)11)3-4(6)8-5/h2-5,8H,1H3,(H,9,10,11). The fourth-order valence-electron chi connectivity index (χ4n) is 1.60. The molecule has 0 saturated carbocycles. The van der Waals surface area contributed by atoms with Gasteiger partial charge in [-0.15, -0.1) is 0 Å². The molecule has 0 aromatic heterocycles. The number of fused-ring (bicyclic) bond motifs is 2. The molecule has 0 radical (unpaired) electrons. The average Bonchev–Trinajstić information content (AvgIpc) is 2.59. The highest BCUT2D eigenvalue weighted by Gasteiger charge is 2.39. The van der Waals surface area contributed by atoms with Crippen molar-refractivity contribution in [3.63, 3.8) is 0 Å². The summed E-state index contributed by atoms with van der Waals surface area (Å²) in [5, 5.41) is 2.94. The third-order valence-electron chi connectivity index (χ3n) is 2.17. The Morgan fingerprint density at radius 2 is 2.15 bits per heavy atom. The first kappa shape index (κ1) is 8.74. The Kier molecular flexibility index (Phi) is 1.73. The molecule has 2 unspecified atom stereocenters. The number of rotatable bonds is 2. The van der Waals surface area contributed by atoms with Gasteiger partial charge in [0.1, 0.15) is 5.76 Å². The van der Waals surface area contributed by atoms with E-state index in [9.17, 15) is 8.42 Å². The van der Waals surface area contributed by atoms with E-state index in [4.69, 9.17) is 9.29 Å². The maximum atomic E-state index is 10.8. The molecule has 0 saturated heterocycles. The molecule has 2 bridgehead atoms. The zero-order valence-corrected chi connectivity index (χ0v) is 7.71. The zero-order chi connectivity index (χ0) is 9.64. The fraction of sp³-hybridized carbons (Fsp3) is 0.429. The minimum atomic E-state index is -4.07. The van der Waals surface area contributed by atoms with Crippen LogP contribution in [0.25, 0.3) is 0 Å². The molecule has 6 heteroatoms. The normalized spacial score (nSPS) is 31.5. The number of ether oxygens (including phenoxy) is 1. The van der Waals surface area contributed by atoms with Gasteiger partial charge < -0.3 is 4.74 Å². The third kappa shape index (κ3) is 1.27. The minimum Gasteiger partial charge on any atom is -0.499 e. The van der Waals surface area contributed by atoms with E-state index in [-0.39, 0.29) is 10.9 Å². The molecule has 2 aliphatic heterocycles. The predicted molar refractivity (Wildman–Crippen MR) is 45.4 cm³/mol. The van der Waals surface area contributed by atoms with E-state index in [1.54, 1.807) is 6.08 Å². The summed E-state index contributed by atoms with van der Waals surface area (Å²) in [5.74, 6) is 0.692. The summed E-state index contributed by atoms with van der Waals surface area (Å²) in [4.78, 5) is 0.0123. The maximum absolute atomic E-state index is 10.8. The van der Waals surface area contributed by atoms with Crippen molar-refractivity contribution >= 4 is 10.1 Å². The minimum absolute atomic E-state index is 0.0123. The van der Waals surface area contributed by atoms with Crippen LogP contribution in [-0.4, -0.2) is 32.2 Å². The van der Waals surface area contributed by atoms with E-state index < -0.39 is 16.2 Å². The van der Waals surface area contributed by atoms with Crippen LogP contribution in [0.3, 0.4) is 0 Å². The summed E-state index contributed by atoms with van der Waals surface area (Å²) < 4.78 is 35.4. The van der Waals surface area contributed by atoms with Crippen LogP contribution in [0.2, 0.25) is 0 Å². The van der Waals surface area contributed by atoms with Crippen molar-refractivity contribution in [3.8, 4) is 0 Å². The van der Waals surface area contributed by atoms with Crippen LogP contribution in [0.15, 0.2) is 22.8 Å². The first-order valence-electron chi connectivity index (χ1n) is 3.73. The van der Waals surface area contributed by atoms with Gasteiger partial charge in [0, 0.05) is 0 Å². The largest absolute Gasteiger partial charge is 0.499 e. The van der Waals surface area contributed by atoms with E-state index in [1.165, 1.54) is 13.2 Å². The molecule has 2 N–H and O–H groups in total. The molecule has 0 aromatic rings. The number of nitrogens with one attached hydrogen (secondary N) is 1. The quantitative estimate of drug-likeness (QED) is 0.599. The van der Waals surface area contributed by atoms with Gasteiger partial charge in [0.15, 0.2) is 0 Å². The number of hydrogen-bond donors (Lipinski definition) is 2. The van der Waals surface area contributed by atoms with E-state index in [0.29, 0.717) is 5.76 Å². The van der Waals surface area contributed by atoms with Crippen LogP contribution in [-0.2, 0) is 14.9 Å². The molecule has 2 rings (SSSR count). The lowest BCUT2D eigenvalue weighted by Crippen LogP contribution is -2.25. The Labute approximate surface area is 75.8 Å². The summed E-state index contributed by atoms with van der Waals surface area (Å²) in [6.07, 6.45) is 3.10. The first-order valence-corrected chi connectivity index (χ1v) is 5.17. The molecule has 2 heterocycles. The Morgan fingerprint density at radius 3 is 2.54 bits per heavy atom. The molecule has 2 atom stereocenters. The van der Waals surface area contributed by atoms with Crippen molar-refractivity contribution in [1.29, 1.82) is 0 Å². The van der Waals surface area contributed by atoms with Crippen molar-refractivity contribution in [1.82, 2.24) is 5.32 Å². The lowest BCUT2D eigenvalue weighted by molar-refractivity contribution is 0.275. The van der Waals surface area contributed by atoms with Crippen LogP contribution >= 0.6 is 0 Å². The van der Waals surface area contributed by atoms with Crippen LogP contribution in [0.4, 0.5) is 0 Å². The first-order chi connectivity index (χ1) is 6.02. The molecular weight excluding hydrogens is 194 g/mol. The second kappa shape index (κ2) is 2.57. The fourth-order valence-corrected chi connectivity index (χ4v) is 2.36. The molecule has 0 spiro atoms. The predicted octanol–water partition coefficient (Wildman–Crippen LogP) is -0.358. The molecular formula is C7H9NO4S. The van der Waals surface area contributed by atoms with Crippen LogP contribution < -0.4 is 5.32 Å². The van der Waals surface area contributed by atoms with E-state index >= 15 is 0 Å². The van der Waals surface area contributed by atoms with Gasteiger partial charge in [-0.3, -0.25) is 9.87 Å². The monoisotopic (exact) mass is 203 g/mol. The smallest absolute Gasteiger partial charge is 0.292 e. The van der Waals surface area contributed by atoms with Gasteiger partial charge >= 0.3 is 0 Å². The molecule has 72 valence electrons. The summed E-state index contributed by atoms with van der Waals surface area (Å²) in [7, 11) is -2.54. The zero-order valence-electron chi connectivity index (χ0n) is 6.89. The van der Waals surface area contributed by atoms with Crippen molar-refractivity contribution < 1.29 is 17.7 Å². The Bertz CT molecular complexity index is 395. The second-order valence-corrected chi connectivity index (χ2v) is 4.36. The van der Waals surface area contributed by atoms with Gasteiger partial charge in [-0.25, -0.2) is 0 Å². The van der Waals surface area contributed by atoms with Crippen molar-refractivity contribution in [2.45, 2.75) is 12.1 Å². The van der Waals surface area contributed by atoms with Crippen molar-refractivity contribution in [3.05, 3.63) is 22.8 Å². The highest BCUT2D eigenvalue weighted by atomic mass is 32.2. The van der Waals surface area contributed by atoms with E-state index in [2.05, 4.69) is 5.32 Å². The number of methoxy groups -OCH3 is 1. The highest BCUT2D eigenvalue weighted by Crippen LogP contribution is 2.29. The third-order valence-corrected chi connectivity index (χ3v) is 3.15.